The Morgan fingerprint density at radius 3 is 2.48 bits per heavy atom. The van der Waals surface area contributed by atoms with Gasteiger partial charge in [-0.2, -0.15) is 0 Å². The summed E-state index contributed by atoms with van der Waals surface area (Å²) in [5.74, 6) is 0.0725. The van der Waals surface area contributed by atoms with Gasteiger partial charge in [-0.15, -0.1) is 0 Å². The minimum atomic E-state index is -3.67. The quantitative estimate of drug-likeness (QED) is 0.865. The number of nitrogens with zero attached hydrogens (tertiary/aromatic N) is 1. The molecule has 1 aliphatic rings. The molecule has 1 atom stereocenters. The van der Waals surface area contributed by atoms with E-state index in [4.69, 9.17) is 11.6 Å². The first-order valence-electron chi connectivity index (χ1n) is 8.05. The van der Waals surface area contributed by atoms with E-state index in [2.05, 4.69) is 4.72 Å². The highest BCUT2D eigenvalue weighted by molar-refractivity contribution is 7.89. The number of carbonyl (C=O) groups is 1. The maximum Gasteiger partial charge on any atom is 0.241 e. The number of halogens is 1. The first-order chi connectivity index (χ1) is 11.9. The molecule has 3 rings (SSSR count). The van der Waals surface area contributed by atoms with E-state index in [9.17, 15) is 13.2 Å². The fraction of sp³-hybridized carbons (Fsp3) is 0.278. The van der Waals surface area contributed by atoms with Crippen LogP contribution in [0.3, 0.4) is 0 Å². The van der Waals surface area contributed by atoms with Crippen molar-refractivity contribution in [1.82, 2.24) is 4.72 Å². The molecule has 2 aromatic rings. The van der Waals surface area contributed by atoms with Gasteiger partial charge in [-0.3, -0.25) is 4.79 Å². The molecule has 1 unspecified atom stereocenters. The minimum absolute atomic E-state index is 0.0725. The first-order valence-corrected chi connectivity index (χ1v) is 9.91. The number of anilines is 1. The molecule has 0 radical (unpaired) electrons. The zero-order chi connectivity index (χ0) is 18.0. The van der Waals surface area contributed by atoms with Crippen molar-refractivity contribution in [3.05, 3.63) is 59.1 Å². The lowest BCUT2D eigenvalue weighted by Gasteiger charge is -2.17. The Morgan fingerprint density at radius 2 is 1.88 bits per heavy atom. The third-order valence-electron chi connectivity index (χ3n) is 4.21. The van der Waals surface area contributed by atoms with Crippen molar-refractivity contribution < 1.29 is 13.2 Å². The van der Waals surface area contributed by atoms with Gasteiger partial charge in [-0.05, 0) is 55.3 Å². The van der Waals surface area contributed by atoms with Crippen LogP contribution < -0.4 is 9.62 Å². The van der Waals surface area contributed by atoms with Crippen LogP contribution in [0.15, 0.2) is 53.4 Å². The van der Waals surface area contributed by atoms with Crippen molar-refractivity contribution in [1.29, 1.82) is 0 Å². The van der Waals surface area contributed by atoms with Crippen LogP contribution in [-0.4, -0.2) is 20.9 Å². The lowest BCUT2D eigenvalue weighted by Crippen LogP contribution is -2.27. The second-order valence-corrected chi connectivity index (χ2v) is 8.19. The maximum atomic E-state index is 12.6. The molecular formula is C18H19ClN2O3S. The van der Waals surface area contributed by atoms with Crippen molar-refractivity contribution in [3.63, 3.8) is 0 Å². The molecule has 2 aromatic carbocycles. The average molecular weight is 379 g/mol. The summed E-state index contributed by atoms with van der Waals surface area (Å²) in [5, 5.41) is 0.559. The third kappa shape index (κ3) is 4.03. The standard InChI is InChI=1S/C18H19ClN2O3S/c1-13(14-4-2-5-15(19)12-14)20-25(23,24)17-9-7-16(8-10-17)21-11-3-6-18(21)22/h2,4-5,7-10,12-13,20H,3,6,11H2,1H3. The first kappa shape index (κ1) is 17.9. The van der Waals surface area contributed by atoms with Gasteiger partial charge in [0.25, 0.3) is 0 Å². The van der Waals surface area contributed by atoms with Crippen LogP contribution >= 0.6 is 11.6 Å². The number of nitrogens with one attached hydrogen (secondary N) is 1. The largest absolute Gasteiger partial charge is 0.312 e. The molecule has 1 saturated heterocycles. The molecule has 132 valence electrons. The summed E-state index contributed by atoms with van der Waals surface area (Å²) in [7, 11) is -3.67. The SMILES string of the molecule is CC(NS(=O)(=O)c1ccc(N2CCCC2=O)cc1)c1cccc(Cl)c1. The molecule has 7 heteroatoms. The van der Waals surface area contributed by atoms with Gasteiger partial charge in [-0.1, -0.05) is 23.7 Å². The molecule has 1 fully saturated rings. The predicted octanol–water partition coefficient (Wildman–Crippen LogP) is 3.51. The van der Waals surface area contributed by atoms with E-state index in [1.54, 1.807) is 42.2 Å². The van der Waals surface area contributed by atoms with Gasteiger partial charge in [0.1, 0.15) is 0 Å². The van der Waals surface area contributed by atoms with Gasteiger partial charge in [0.2, 0.25) is 15.9 Å². The molecule has 5 nitrogen and oxygen atoms in total. The zero-order valence-corrected chi connectivity index (χ0v) is 15.3. The van der Waals surface area contributed by atoms with Crippen molar-refractivity contribution >= 4 is 33.2 Å². The lowest BCUT2D eigenvalue weighted by molar-refractivity contribution is -0.117. The number of hydrogen-bond donors (Lipinski definition) is 1. The average Bonchev–Trinajstić information content (AvgIpc) is 3.00. The number of benzene rings is 2. The molecule has 1 heterocycles. The van der Waals surface area contributed by atoms with E-state index in [1.165, 1.54) is 12.1 Å². The molecule has 1 N–H and O–H groups in total. The van der Waals surface area contributed by atoms with Crippen molar-refractivity contribution in [2.75, 3.05) is 11.4 Å². The van der Waals surface area contributed by atoms with Gasteiger partial charge in [0, 0.05) is 29.7 Å². The Hall–Kier alpha value is -1.89. The molecule has 25 heavy (non-hydrogen) atoms. The van der Waals surface area contributed by atoms with Crippen LogP contribution in [0, 0.1) is 0 Å². The molecule has 0 aliphatic carbocycles. The van der Waals surface area contributed by atoms with Crippen LogP contribution in [0.5, 0.6) is 0 Å². The third-order valence-corrected chi connectivity index (χ3v) is 6.00. The fourth-order valence-electron chi connectivity index (χ4n) is 2.87. The van der Waals surface area contributed by atoms with Crippen LogP contribution in [0.25, 0.3) is 0 Å². The van der Waals surface area contributed by atoms with Crippen LogP contribution in [0.4, 0.5) is 5.69 Å². The molecular weight excluding hydrogens is 360 g/mol. The number of sulfonamides is 1. The summed E-state index contributed by atoms with van der Waals surface area (Å²) >= 11 is 5.96. The summed E-state index contributed by atoms with van der Waals surface area (Å²) < 4.78 is 27.8. The number of amides is 1. The summed E-state index contributed by atoms with van der Waals surface area (Å²) in [4.78, 5) is 13.6. The summed E-state index contributed by atoms with van der Waals surface area (Å²) in [6, 6.07) is 13.0. The van der Waals surface area contributed by atoms with E-state index in [1.807, 2.05) is 6.07 Å². The van der Waals surface area contributed by atoms with Crippen LogP contribution in [0.2, 0.25) is 5.02 Å². The predicted molar refractivity (Wildman–Crippen MR) is 98.2 cm³/mol. The summed E-state index contributed by atoms with van der Waals surface area (Å²) in [5.41, 5.74) is 1.51. The fourth-order valence-corrected chi connectivity index (χ4v) is 4.30. The second-order valence-electron chi connectivity index (χ2n) is 6.04. The second kappa shape index (κ2) is 7.15. The number of rotatable bonds is 5. The Kier molecular flexibility index (Phi) is 5.13. The molecule has 0 spiro atoms. The Balaban J connectivity index is 1.76. The Morgan fingerprint density at radius 1 is 1.16 bits per heavy atom. The number of carbonyl (C=O) groups excluding carboxylic acids is 1. The van der Waals surface area contributed by atoms with Gasteiger partial charge in [0.05, 0.1) is 4.90 Å². The Labute approximate surface area is 152 Å². The van der Waals surface area contributed by atoms with Crippen molar-refractivity contribution in [2.45, 2.75) is 30.7 Å². The van der Waals surface area contributed by atoms with E-state index >= 15 is 0 Å². The molecule has 1 aliphatic heterocycles. The smallest absolute Gasteiger partial charge is 0.241 e. The Bertz CT molecular complexity index is 881. The highest BCUT2D eigenvalue weighted by Crippen LogP contribution is 2.24. The van der Waals surface area contributed by atoms with E-state index in [0.717, 1.165) is 17.7 Å². The molecule has 0 saturated carbocycles. The van der Waals surface area contributed by atoms with E-state index in [-0.39, 0.29) is 10.8 Å². The number of hydrogen-bond acceptors (Lipinski definition) is 3. The van der Waals surface area contributed by atoms with Gasteiger partial charge in [-0.25, -0.2) is 13.1 Å². The molecule has 0 aromatic heterocycles. The highest BCUT2D eigenvalue weighted by atomic mass is 35.5. The van der Waals surface area contributed by atoms with Crippen LogP contribution in [0.1, 0.15) is 31.4 Å². The summed E-state index contributed by atoms with van der Waals surface area (Å²) in [6.07, 6.45) is 1.37. The van der Waals surface area contributed by atoms with E-state index in [0.29, 0.717) is 18.0 Å². The maximum absolute atomic E-state index is 12.6. The molecule has 0 bridgehead atoms. The monoisotopic (exact) mass is 378 g/mol. The van der Waals surface area contributed by atoms with Crippen molar-refractivity contribution in [2.24, 2.45) is 0 Å². The lowest BCUT2D eigenvalue weighted by atomic mass is 10.1. The topological polar surface area (TPSA) is 66.5 Å². The van der Waals surface area contributed by atoms with E-state index < -0.39 is 16.1 Å². The van der Waals surface area contributed by atoms with Crippen LogP contribution in [-0.2, 0) is 14.8 Å². The highest BCUT2D eigenvalue weighted by Gasteiger charge is 2.23. The van der Waals surface area contributed by atoms with Gasteiger partial charge in [0.15, 0.2) is 0 Å². The zero-order valence-electron chi connectivity index (χ0n) is 13.8. The normalized spacial score (nSPS) is 16.2. The minimum Gasteiger partial charge on any atom is -0.312 e. The van der Waals surface area contributed by atoms with Crippen molar-refractivity contribution in [3.8, 4) is 0 Å². The van der Waals surface area contributed by atoms with Gasteiger partial charge >= 0.3 is 0 Å². The van der Waals surface area contributed by atoms with Gasteiger partial charge < -0.3 is 4.90 Å². The summed E-state index contributed by atoms with van der Waals surface area (Å²) in [6.45, 7) is 2.44. The molecule has 1 amide bonds.